The van der Waals surface area contributed by atoms with Crippen LogP contribution >= 0.6 is 0 Å². The molecule has 0 unspecified atom stereocenters. The van der Waals surface area contributed by atoms with Crippen molar-refractivity contribution in [3.63, 3.8) is 0 Å². The Balaban J connectivity index is 2.60. The van der Waals surface area contributed by atoms with Crippen molar-refractivity contribution in [1.29, 1.82) is 0 Å². The molecule has 17 heavy (non-hydrogen) atoms. The number of benzene rings is 3. The number of rotatable bonds is 0. The molecule has 3 aromatic carbocycles. The fourth-order valence-electron chi connectivity index (χ4n) is 2.72. The molecule has 0 aromatic heterocycles. The minimum atomic E-state index is 1.33. The lowest BCUT2D eigenvalue weighted by atomic mass is 9.93. The lowest BCUT2D eigenvalue weighted by molar-refractivity contribution is 1.37. The molecule has 3 rings (SSSR count). The lowest BCUT2D eigenvalue weighted by Crippen LogP contribution is -1.88. The van der Waals surface area contributed by atoms with E-state index >= 15 is 0 Å². The molecule has 3 aromatic rings. The van der Waals surface area contributed by atoms with E-state index in [9.17, 15) is 0 Å². The van der Waals surface area contributed by atoms with E-state index < -0.39 is 0 Å². The van der Waals surface area contributed by atoms with Crippen LogP contribution in [-0.4, -0.2) is 0 Å². The second-order valence-electron chi connectivity index (χ2n) is 4.83. The Morgan fingerprint density at radius 3 is 2.29 bits per heavy atom. The zero-order valence-electron chi connectivity index (χ0n) is 10.5. The highest BCUT2D eigenvalue weighted by atomic mass is 14.1. The summed E-state index contributed by atoms with van der Waals surface area (Å²) in [6, 6.07) is 15.4. The Hall–Kier alpha value is -1.82. The summed E-state index contributed by atoms with van der Waals surface area (Å²) >= 11 is 0. The van der Waals surface area contributed by atoms with E-state index in [1.165, 1.54) is 38.2 Å². The molecule has 84 valence electrons. The maximum atomic E-state index is 2.30. The largest absolute Gasteiger partial charge is 0.0616 e. The average molecular weight is 220 g/mol. The quantitative estimate of drug-likeness (QED) is 0.472. The fourth-order valence-corrected chi connectivity index (χ4v) is 2.72. The first-order chi connectivity index (χ1) is 8.18. The van der Waals surface area contributed by atoms with E-state index in [0.717, 1.165) is 0 Å². The Bertz CT molecular complexity index is 721. The van der Waals surface area contributed by atoms with Crippen molar-refractivity contribution in [2.24, 2.45) is 0 Å². The first kappa shape index (κ1) is 10.3. The second-order valence-corrected chi connectivity index (χ2v) is 4.83. The van der Waals surface area contributed by atoms with Crippen molar-refractivity contribution in [2.75, 3.05) is 0 Å². The lowest BCUT2D eigenvalue weighted by Gasteiger charge is -2.12. The van der Waals surface area contributed by atoms with E-state index in [2.05, 4.69) is 63.2 Å². The molecular formula is C17H16. The molecular weight excluding hydrogens is 204 g/mol. The Kier molecular flexibility index (Phi) is 2.19. The maximum absolute atomic E-state index is 2.30. The van der Waals surface area contributed by atoms with Crippen LogP contribution in [0.1, 0.15) is 16.7 Å². The van der Waals surface area contributed by atoms with Gasteiger partial charge < -0.3 is 0 Å². The third-order valence-corrected chi connectivity index (χ3v) is 3.82. The molecule has 0 nitrogen and oxygen atoms in total. The normalized spacial score (nSPS) is 11.2. The molecule has 0 saturated carbocycles. The van der Waals surface area contributed by atoms with Crippen LogP contribution in [0.4, 0.5) is 0 Å². The molecule has 0 fully saturated rings. The summed E-state index contributed by atoms with van der Waals surface area (Å²) < 4.78 is 0. The molecule has 0 heterocycles. The monoisotopic (exact) mass is 220 g/mol. The summed E-state index contributed by atoms with van der Waals surface area (Å²) in [7, 11) is 0. The Labute approximate surface area is 102 Å². The van der Waals surface area contributed by atoms with Gasteiger partial charge in [-0.15, -0.1) is 0 Å². The van der Waals surface area contributed by atoms with Gasteiger partial charge >= 0.3 is 0 Å². The van der Waals surface area contributed by atoms with Gasteiger partial charge in [0.05, 0.1) is 0 Å². The summed E-state index contributed by atoms with van der Waals surface area (Å²) in [4.78, 5) is 0. The Morgan fingerprint density at radius 1 is 0.706 bits per heavy atom. The zero-order chi connectivity index (χ0) is 12.0. The molecule has 0 N–H and O–H groups in total. The van der Waals surface area contributed by atoms with Gasteiger partial charge in [0.2, 0.25) is 0 Å². The molecule has 0 aliphatic rings. The summed E-state index contributed by atoms with van der Waals surface area (Å²) in [6.45, 7) is 6.64. The van der Waals surface area contributed by atoms with Crippen LogP contribution in [-0.2, 0) is 0 Å². The van der Waals surface area contributed by atoms with Gasteiger partial charge in [0.1, 0.15) is 0 Å². The highest BCUT2D eigenvalue weighted by Gasteiger charge is 2.07. The van der Waals surface area contributed by atoms with E-state index in [1.54, 1.807) is 0 Å². The van der Waals surface area contributed by atoms with Gasteiger partial charge in [-0.1, -0.05) is 36.4 Å². The average Bonchev–Trinajstić information content (AvgIpc) is 2.34. The van der Waals surface area contributed by atoms with Gasteiger partial charge in [-0.25, -0.2) is 0 Å². The number of hydrogen-bond acceptors (Lipinski definition) is 0. The third kappa shape index (κ3) is 1.44. The smallest absolute Gasteiger partial charge is 0.0116 e. The number of hydrogen-bond donors (Lipinski definition) is 0. The van der Waals surface area contributed by atoms with E-state index in [0.29, 0.717) is 0 Å². The molecule has 0 heteroatoms. The summed E-state index contributed by atoms with van der Waals surface area (Å²) in [5, 5.41) is 5.47. The summed E-state index contributed by atoms with van der Waals surface area (Å²) in [5.41, 5.74) is 4.18. The van der Waals surface area contributed by atoms with E-state index in [-0.39, 0.29) is 0 Å². The molecule has 0 spiro atoms. The third-order valence-electron chi connectivity index (χ3n) is 3.82. The molecule has 0 aliphatic carbocycles. The van der Waals surface area contributed by atoms with Gasteiger partial charge in [0.15, 0.2) is 0 Å². The Morgan fingerprint density at radius 2 is 1.47 bits per heavy atom. The van der Waals surface area contributed by atoms with Crippen molar-refractivity contribution < 1.29 is 0 Å². The SMILES string of the molecule is Cc1ccc2cc3ccccc3c(C)c2c1C. The van der Waals surface area contributed by atoms with Crippen LogP contribution < -0.4 is 0 Å². The fraction of sp³-hybridized carbons (Fsp3) is 0.176. The van der Waals surface area contributed by atoms with Gasteiger partial charge in [0.25, 0.3) is 0 Å². The molecule has 0 radical (unpaired) electrons. The first-order valence-corrected chi connectivity index (χ1v) is 6.07. The van der Waals surface area contributed by atoms with Crippen molar-refractivity contribution >= 4 is 21.5 Å². The van der Waals surface area contributed by atoms with Crippen molar-refractivity contribution in [3.8, 4) is 0 Å². The van der Waals surface area contributed by atoms with Gasteiger partial charge in [-0.3, -0.25) is 0 Å². The zero-order valence-corrected chi connectivity index (χ0v) is 10.5. The van der Waals surface area contributed by atoms with Crippen LogP contribution in [0.25, 0.3) is 21.5 Å². The standard InChI is InChI=1S/C17H16/c1-11-8-9-15-10-14-6-4-5-7-16(14)13(3)17(15)12(11)2/h4-10H,1-3H3. The minimum absolute atomic E-state index is 1.33. The first-order valence-electron chi connectivity index (χ1n) is 6.07. The van der Waals surface area contributed by atoms with Gasteiger partial charge in [-0.05, 0) is 65.1 Å². The predicted molar refractivity (Wildman–Crippen MR) is 75.7 cm³/mol. The van der Waals surface area contributed by atoms with Crippen molar-refractivity contribution in [1.82, 2.24) is 0 Å². The van der Waals surface area contributed by atoms with Crippen molar-refractivity contribution in [3.05, 3.63) is 59.2 Å². The topological polar surface area (TPSA) is 0 Å². The van der Waals surface area contributed by atoms with Gasteiger partial charge in [0, 0.05) is 0 Å². The van der Waals surface area contributed by atoms with Crippen LogP contribution in [0.5, 0.6) is 0 Å². The van der Waals surface area contributed by atoms with E-state index in [1.807, 2.05) is 0 Å². The number of aryl methyl sites for hydroxylation is 3. The van der Waals surface area contributed by atoms with Crippen molar-refractivity contribution in [2.45, 2.75) is 20.8 Å². The highest BCUT2D eigenvalue weighted by Crippen LogP contribution is 2.31. The molecule has 0 aliphatic heterocycles. The molecule has 0 atom stereocenters. The van der Waals surface area contributed by atoms with Crippen LogP contribution in [0, 0.1) is 20.8 Å². The van der Waals surface area contributed by atoms with E-state index in [4.69, 9.17) is 0 Å². The minimum Gasteiger partial charge on any atom is -0.0616 e. The summed E-state index contributed by atoms with van der Waals surface area (Å²) in [6.07, 6.45) is 0. The maximum Gasteiger partial charge on any atom is -0.0116 e. The van der Waals surface area contributed by atoms with Gasteiger partial charge in [-0.2, -0.15) is 0 Å². The number of fused-ring (bicyclic) bond motifs is 2. The van der Waals surface area contributed by atoms with Crippen LogP contribution in [0.15, 0.2) is 42.5 Å². The second kappa shape index (κ2) is 3.59. The summed E-state index contributed by atoms with van der Waals surface area (Å²) in [5.74, 6) is 0. The van der Waals surface area contributed by atoms with Crippen LogP contribution in [0.3, 0.4) is 0 Å². The highest BCUT2D eigenvalue weighted by molar-refractivity contribution is 6.03. The predicted octanol–water partition coefficient (Wildman–Crippen LogP) is 4.92. The molecule has 0 bridgehead atoms. The van der Waals surface area contributed by atoms with Crippen LogP contribution in [0.2, 0.25) is 0 Å². The molecule has 0 saturated heterocycles. The molecule has 0 amide bonds.